The first-order valence-corrected chi connectivity index (χ1v) is 4.23. The second kappa shape index (κ2) is 4.42. The summed E-state index contributed by atoms with van der Waals surface area (Å²) in [5.41, 5.74) is 0. The molecule has 4 heteroatoms. The van der Waals surface area contributed by atoms with E-state index < -0.39 is 18.7 Å². The summed E-state index contributed by atoms with van der Waals surface area (Å²) in [5.74, 6) is -0.704. The molecule has 0 aromatic carbocycles. The highest BCUT2D eigenvalue weighted by molar-refractivity contribution is 5.74. The Morgan fingerprint density at radius 2 is 2.08 bits per heavy atom. The molecule has 1 atom stereocenters. The van der Waals surface area contributed by atoms with Gasteiger partial charge in [0.15, 0.2) is 6.10 Å². The van der Waals surface area contributed by atoms with Crippen LogP contribution >= 0.6 is 0 Å². The molecule has 1 saturated carbocycles. The van der Waals surface area contributed by atoms with E-state index in [2.05, 4.69) is 0 Å². The number of carbonyl (C=O) groups is 1. The highest BCUT2D eigenvalue weighted by Gasteiger charge is 2.23. The highest BCUT2D eigenvalue weighted by Crippen LogP contribution is 2.21. The van der Waals surface area contributed by atoms with Crippen molar-refractivity contribution >= 4 is 5.97 Å². The second-order valence-corrected chi connectivity index (χ2v) is 3.04. The maximum atomic E-state index is 10.9. The number of hydrogen-bond acceptors (Lipinski definition) is 4. The molecule has 1 fully saturated rings. The third-order valence-corrected chi connectivity index (χ3v) is 2.03. The molecule has 0 saturated heterocycles. The van der Waals surface area contributed by atoms with Crippen LogP contribution in [0.1, 0.15) is 25.7 Å². The van der Waals surface area contributed by atoms with Gasteiger partial charge in [-0.2, -0.15) is 0 Å². The highest BCUT2D eigenvalue weighted by atomic mass is 16.6. The number of ether oxygens (including phenoxy) is 1. The van der Waals surface area contributed by atoms with Gasteiger partial charge in [-0.1, -0.05) is 0 Å². The molecular formula is C8H14O4. The fourth-order valence-corrected chi connectivity index (χ4v) is 1.32. The SMILES string of the molecule is O=C(OC1CCCC1)C(O)CO. The number of carbonyl (C=O) groups excluding carboxylic acids is 1. The Labute approximate surface area is 71.2 Å². The number of aliphatic hydroxyl groups is 2. The van der Waals surface area contributed by atoms with Crippen LogP contribution in [-0.4, -0.2) is 35.0 Å². The van der Waals surface area contributed by atoms with E-state index in [9.17, 15) is 4.79 Å². The molecule has 70 valence electrons. The molecule has 0 aliphatic heterocycles. The molecule has 1 aliphatic rings. The van der Waals surface area contributed by atoms with Crippen molar-refractivity contribution in [1.29, 1.82) is 0 Å². The Bertz CT molecular complexity index is 151. The predicted octanol–water partition coefficient (Wildman–Crippen LogP) is -0.175. The smallest absolute Gasteiger partial charge is 0.337 e. The van der Waals surface area contributed by atoms with Crippen molar-refractivity contribution in [3.05, 3.63) is 0 Å². The maximum absolute atomic E-state index is 10.9. The number of aliphatic hydroxyl groups excluding tert-OH is 2. The zero-order chi connectivity index (χ0) is 8.97. The minimum atomic E-state index is -1.37. The van der Waals surface area contributed by atoms with Gasteiger partial charge in [0.05, 0.1) is 6.61 Å². The molecule has 1 rings (SSSR count). The van der Waals surface area contributed by atoms with Gasteiger partial charge < -0.3 is 14.9 Å². The van der Waals surface area contributed by atoms with Crippen molar-refractivity contribution in [3.63, 3.8) is 0 Å². The molecular weight excluding hydrogens is 160 g/mol. The van der Waals surface area contributed by atoms with Gasteiger partial charge in [0, 0.05) is 0 Å². The molecule has 0 spiro atoms. The number of hydrogen-bond donors (Lipinski definition) is 2. The van der Waals surface area contributed by atoms with Crippen LogP contribution in [0.5, 0.6) is 0 Å². The summed E-state index contributed by atoms with van der Waals surface area (Å²) < 4.78 is 4.92. The lowest BCUT2D eigenvalue weighted by Gasteiger charge is -2.13. The van der Waals surface area contributed by atoms with Crippen molar-refractivity contribution in [2.75, 3.05) is 6.61 Å². The first-order chi connectivity index (χ1) is 5.74. The summed E-state index contributed by atoms with van der Waals surface area (Å²) in [4.78, 5) is 10.9. The lowest BCUT2D eigenvalue weighted by Crippen LogP contribution is -2.29. The normalized spacial score (nSPS) is 20.8. The van der Waals surface area contributed by atoms with Crippen molar-refractivity contribution < 1.29 is 19.7 Å². The zero-order valence-electron chi connectivity index (χ0n) is 6.90. The van der Waals surface area contributed by atoms with E-state index in [-0.39, 0.29) is 6.10 Å². The summed E-state index contributed by atoms with van der Waals surface area (Å²) in [6, 6.07) is 0. The van der Waals surface area contributed by atoms with Gasteiger partial charge in [0.2, 0.25) is 0 Å². The molecule has 0 amide bonds. The minimum absolute atomic E-state index is 0.0429. The van der Waals surface area contributed by atoms with Gasteiger partial charge >= 0.3 is 5.97 Å². The average molecular weight is 174 g/mol. The Balaban J connectivity index is 2.25. The van der Waals surface area contributed by atoms with Crippen LogP contribution in [0.15, 0.2) is 0 Å². The van der Waals surface area contributed by atoms with Gasteiger partial charge in [0.1, 0.15) is 6.10 Å². The maximum Gasteiger partial charge on any atom is 0.337 e. The van der Waals surface area contributed by atoms with Crippen molar-refractivity contribution in [1.82, 2.24) is 0 Å². The largest absolute Gasteiger partial charge is 0.460 e. The lowest BCUT2D eigenvalue weighted by atomic mass is 10.3. The summed E-state index contributed by atoms with van der Waals surface area (Å²) in [6.45, 7) is -0.564. The van der Waals surface area contributed by atoms with Crippen molar-refractivity contribution in [3.8, 4) is 0 Å². The quantitative estimate of drug-likeness (QED) is 0.583. The average Bonchev–Trinajstić information content (AvgIpc) is 2.55. The van der Waals surface area contributed by atoms with Crippen LogP contribution in [0.4, 0.5) is 0 Å². The van der Waals surface area contributed by atoms with Crippen LogP contribution in [0.25, 0.3) is 0 Å². The number of rotatable bonds is 3. The lowest BCUT2D eigenvalue weighted by molar-refractivity contribution is -0.160. The fourth-order valence-electron chi connectivity index (χ4n) is 1.32. The second-order valence-electron chi connectivity index (χ2n) is 3.04. The molecule has 12 heavy (non-hydrogen) atoms. The predicted molar refractivity (Wildman–Crippen MR) is 41.4 cm³/mol. The first kappa shape index (κ1) is 9.48. The molecule has 1 aliphatic carbocycles. The van der Waals surface area contributed by atoms with Gasteiger partial charge in [-0.15, -0.1) is 0 Å². The van der Waals surface area contributed by atoms with E-state index in [0.29, 0.717) is 0 Å². The van der Waals surface area contributed by atoms with E-state index in [1.165, 1.54) is 0 Å². The molecule has 0 heterocycles. The molecule has 4 nitrogen and oxygen atoms in total. The third-order valence-electron chi connectivity index (χ3n) is 2.03. The van der Waals surface area contributed by atoms with Crippen LogP contribution in [0, 0.1) is 0 Å². The van der Waals surface area contributed by atoms with Gasteiger partial charge in [0.25, 0.3) is 0 Å². The van der Waals surface area contributed by atoms with Crippen LogP contribution in [0.2, 0.25) is 0 Å². The molecule has 0 aromatic heterocycles. The minimum Gasteiger partial charge on any atom is -0.460 e. The molecule has 0 bridgehead atoms. The first-order valence-electron chi connectivity index (χ1n) is 4.23. The summed E-state index contributed by atoms with van der Waals surface area (Å²) in [5, 5.41) is 17.3. The van der Waals surface area contributed by atoms with E-state index in [0.717, 1.165) is 25.7 Å². The van der Waals surface area contributed by atoms with Crippen molar-refractivity contribution in [2.24, 2.45) is 0 Å². The summed E-state index contributed by atoms with van der Waals surface area (Å²) >= 11 is 0. The Morgan fingerprint density at radius 3 is 2.58 bits per heavy atom. The summed E-state index contributed by atoms with van der Waals surface area (Å²) in [7, 11) is 0. The summed E-state index contributed by atoms with van der Waals surface area (Å²) in [6.07, 6.45) is 2.50. The van der Waals surface area contributed by atoms with Crippen LogP contribution in [-0.2, 0) is 9.53 Å². The van der Waals surface area contributed by atoms with E-state index in [1.54, 1.807) is 0 Å². The molecule has 0 aromatic rings. The molecule has 2 N–H and O–H groups in total. The van der Waals surface area contributed by atoms with E-state index in [1.807, 2.05) is 0 Å². The van der Waals surface area contributed by atoms with Gasteiger partial charge in [-0.25, -0.2) is 4.79 Å². The monoisotopic (exact) mass is 174 g/mol. The van der Waals surface area contributed by atoms with Crippen LogP contribution < -0.4 is 0 Å². The van der Waals surface area contributed by atoms with Gasteiger partial charge in [-0.05, 0) is 25.7 Å². The van der Waals surface area contributed by atoms with Crippen LogP contribution in [0.3, 0.4) is 0 Å². The zero-order valence-corrected chi connectivity index (χ0v) is 6.90. The van der Waals surface area contributed by atoms with E-state index >= 15 is 0 Å². The van der Waals surface area contributed by atoms with Crippen molar-refractivity contribution in [2.45, 2.75) is 37.9 Å². The van der Waals surface area contributed by atoms with Gasteiger partial charge in [-0.3, -0.25) is 0 Å². The topological polar surface area (TPSA) is 66.8 Å². The third kappa shape index (κ3) is 2.46. The molecule has 0 radical (unpaired) electrons. The van der Waals surface area contributed by atoms with E-state index in [4.69, 9.17) is 14.9 Å². The Morgan fingerprint density at radius 1 is 1.50 bits per heavy atom. The fraction of sp³-hybridized carbons (Fsp3) is 0.875. The standard InChI is InChI=1S/C8H14O4/c9-5-7(10)8(11)12-6-3-1-2-4-6/h6-7,9-10H,1-5H2. The Kier molecular flexibility index (Phi) is 3.49. The number of esters is 1. The molecule has 1 unspecified atom stereocenters. The Hall–Kier alpha value is -0.610.